The summed E-state index contributed by atoms with van der Waals surface area (Å²) in [5, 5.41) is 5.58. The fourth-order valence-corrected chi connectivity index (χ4v) is 2.73. The van der Waals surface area contributed by atoms with E-state index >= 15 is 0 Å². The smallest absolute Gasteiger partial charge is 0.234 e. The maximum Gasteiger partial charge on any atom is 0.234 e. The van der Waals surface area contributed by atoms with Crippen LogP contribution >= 0.6 is 11.8 Å². The van der Waals surface area contributed by atoms with E-state index in [2.05, 4.69) is 10.6 Å². The lowest BCUT2D eigenvalue weighted by Gasteiger charge is -2.08. The van der Waals surface area contributed by atoms with E-state index < -0.39 is 0 Å². The first-order valence-corrected chi connectivity index (χ1v) is 9.18. The van der Waals surface area contributed by atoms with Crippen LogP contribution in [0.25, 0.3) is 0 Å². The van der Waals surface area contributed by atoms with Crippen molar-refractivity contribution in [3.05, 3.63) is 60.2 Å². The van der Waals surface area contributed by atoms with Gasteiger partial charge in [-0.15, -0.1) is 11.8 Å². The van der Waals surface area contributed by atoms with Gasteiger partial charge in [-0.05, 0) is 36.8 Å². The molecule has 0 aliphatic heterocycles. The molecule has 2 amide bonds. The number of rotatable bonds is 9. The van der Waals surface area contributed by atoms with Gasteiger partial charge in [0.15, 0.2) is 0 Å². The van der Waals surface area contributed by atoms with Crippen LogP contribution in [0.2, 0.25) is 0 Å². The van der Waals surface area contributed by atoms with Gasteiger partial charge in [-0.1, -0.05) is 30.3 Å². The summed E-state index contributed by atoms with van der Waals surface area (Å²) in [6.07, 6.45) is 0. The van der Waals surface area contributed by atoms with Crippen LogP contribution in [0.3, 0.4) is 0 Å². The number of thioether (sulfide) groups is 1. The average Bonchev–Trinajstić information content (AvgIpc) is 2.60. The number of hydrogen-bond donors (Lipinski definition) is 2. The third-order valence-corrected chi connectivity index (χ3v) is 4.14. The molecule has 0 spiro atoms. The van der Waals surface area contributed by atoms with E-state index in [1.54, 1.807) is 0 Å². The van der Waals surface area contributed by atoms with Crippen molar-refractivity contribution in [2.75, 3.05) is 30.0 Å². The molecule has 0 aliphatic carbocycles. The number of nitrogens with one attached hydrogen (secondary N) is 2. The monoisotopic (exact) mass is 358 g/mol. The van der Waals surface area contributed by atoms with E-state index in [1.165, 1.54) is 11.8 Å². The van der Waals surface area contributed by atoms with Gasteiger partial charge >= 0.3 is 0 Å². The van der Waals surface area contributed by atoms with Gasteiger partial charge in [0.25, 0.3) is 0 Å². The number of ether oxygens (including phenoxy) is 1. The van der Waals surface area contributed by atoms with Crippen LogP contribution in [-0.4, -0.2) is 36.5 Å². The summed E-state index contributed by atoms with van der Waals surface area (Å²) in [4.78, 5) is 23.6. The lowest BCUT2D eigenvalue weighted by atomic mass is 10.2. The van der Waals surface area contributed by atoms with Crippen LogP contribution in [0.5, 0.6) is 5.75 Å². The Morgan fingerprint density at radius 3 is 2.52 bits per heavy atom. The zero-order valence-electron chi connectivity index (χ0n) is 14.2. The van der Waals surface area contributed by atoms with E-state index in [0.717, 1.165) is 17.0 Å². The molecular formula is C19H22N2O3S. The number of para-hydroxylation sites is 1. The van der Waals surface area contributed by atoms with Crippen LogP contribution in [0.1, 0.15) is 5.56 Å². The Balaban J connectivity index is 1.55. The van der Waals surface area contributed by atoms with Crippen LogP contribution in [-0.2, 0) is 9.59 Å². The first kappa shape index (κ1) is 18.9. The van der Waals surface area contributed by atoms with E-state index in [1.807, 2.05) is 61.5 Å². The topological polar surface area (TPSA) is 67.4 Å². The zero-order valence-corrected chi connectivity index (χ0v) is 15.0. The molecule has 2 rings (SSSR count). The Hall–Kier alpha value is -2.47. The number of aryl methyl sites for hydroxylation is 1. The van der Waals surface area contributed by atoms with Crippen molar-refractivity contribution in [1.82, 2.24) is 5.32 Å². The number of anilines is 1. The molecule has 2 N–H and O–H groups in total. The summed E-state index contributed by atoms with van der Waals surface area (Å²) < 4.78 is 5.49. The molecule has 2 aromatic carbocycles. The first-order chi connectivity index (χ1) is 12.1. The number of carbonyl (C=O) groups is 2. The molecule has 132 valence electrons. The Morgan fingerprint density at radius 1 is 1.00 bits per heavy atom. The van der Waals surface area contributed by atoms with Crippen molar-refractivity contribution < 1.29 is 14.3 Å². The summed E-state index contributed by atoms with van der Waals surface area (Å²) >= 11 is 1.28. The molecule has 0 heterocycles. The minimum atomic E-state index is -0.115. The lowest BCUT2D eigenvalue weighted by molar-refractivity contribution is -0.118. The largest absolute Gasteiger partial charge is 0.492 e. The van der Waals surface area contributed by atoms with Crippen LogP contribution in [0.4, 0.5) is 5.69 Å². The molecule has 5 nitrogen and oxygen atoms in total. The third-order valence-electron chi connectivity index (χ3n) is 3.20. The fraction of sp³-hybridized carbons (Fsp3) is 0.263. The van der Waals surface area contributed by atoms with Crippen LogP contribution in [0, 0.1) is 6.92 Å². The second-order valence-corrected chi connectivity index (χ2v) is 6.41. The third kappa shape index (κ3) is 7.76. The summed E-state index contributed by atoms with van der Waals surface area (Å²) in [6, 6.07) is 17.0. The molecule has 0 aromatic heterocycles. The van der Waals surface area contributed by atoms with Gasteiger partial charge < -0.3 is 15.4 Å². The van der Waals surface area contributed by atoms with Gasteiger partial charge in [0.1, 0.15) is 12.4 Å². The minimum absolute atomic E-state index is 0.106. The molecule has 0 bridgehead atoms. The Bertz CT molecular complexity index is 692. The molecule has 0 unspecified atom stereocenters. The van der Waals surface area contributed by atoms with Gasteiger partial charge in [0.2, 0.25) is 11.8 Å². The highest BCUT2D eigenvalue weighted by Crippen LogP contribution is 2.10. The van der Waals surface area contributed by atoms with Gasteiger partial charge in [-0.25, -0.2) is 0 Å². The van der Waals surface area contributed by atoms with Crippen molar-refractivity contribution in [2.24, 2.45) is 0 Å². The number of hydrogen-bond acceptors (Lipinski definition) is 4. The predicted molar refractivity (Wildman–Crippen MR) is 102 cm³/mol. The van der Waals surface area contributed by atoms with Crippen molar-refractivity contribution >= 4 is 29.3 Å². The molecule has 0 aliphatic rings. The van der Waals surface area contributed by atoms with E-state index in [-0.39, 0.29) is 23.3 Å². The zero-order chi connectivity index (χ0) is 17.9. The quantitative estimate of drug-likeness (QED) is 0.677. The number of carbonyl (C=O) groups excluding carboxylic acids is 2. The summed E-state index contributed by atoms with van der Waals surface area (Å²) in [5.74, 6) is 1.04. The maximum atomic E-state index is 11.8. The molecule has 0 atom stereocenters. The van der Waals surface area contributed by atoms with Crippen molar-refractivity contribution in [3.8, 4) is 5.75 Å². The fourth-order valence-electron chi connectivity index (χ4n) is 2.08. The van der Waals surface area contributed by atoms with Gasteiger partial charge in [0, 0.05) is 5.69 Å². The van der Waals surface area contributed by atoms with E-state index in [0.29, 0.717) is 13.2 Å². The minimum Gasteiger partial charge on any atom is -0.492 e. The molecule has 0 radical (unpaired) electrons. The highest BCUT2D eigenvalue weighted by Gasteiger charge is 2.06. The molecule has 2 aromatic rings. The van der Waals surface area contributed by atoms with E-state index in [9.17, 15) is 9.59 Å². The van der Waals surface area contributed by atoms with Gasteiger partial charge in [-0.3, -0.25) is 9.59 Å². The normalized spacial score (nSPS) is 10.1. The predicted octanol–water partition coefficient (Wildman–Crippen LogP) is 2.86. The highest BCUT2D eigenvalue weighted by atomic mass is 32.2. The molecule has 0 saturated heterocycles. The van der Waals surface area contributed by atoms with Crippen molar-refractivity contribution in [1.29, 1.82) is 0 Å². The van der Waals surface area contributed by atoms with Gasteiger partial charge in [-0.2, -0.15) is 0 Å². The Labute approximate surface area is 152 Å². The summed E-state index contributed by atoms with van der Waals surface area (Å²) in [5.41, 5.74) is 1.86. The molecule has 0 saturated carbocycles. The SMILES string of the molecule is Cc1cccc(NC(=O)CSCC(=O)NCCOc2ccccc2)c1. The van der Waals surface area contributed by atoms with Crippen LogP contribution < -0.4 is 15.4 Å². The van der Waals surface area contributed by atoms with Crippen LogP contribution in [0.15, 0.2) is 54.6 Å². The standard InChI is InChI=1S/C19H22N2O3S/c1-15-6-5-7-16(12-15)21-19(23)14-25-13-18(22)20-10-11-24-17-8-3-2-4-9-17/h2-9,12H,10-11,13-14H2,1H3,(H,20,22)(H,21,23). The van der Waals surface area contributed by atoms with E-state index in [4.69, 9.17) is 4.74 Å². The Morgan fingerprint density at radius 2 is 1.76 bits per heavy atom. The molecular weight excluding hydrogens is 336 g/mol. The number of amides is 2. The number of benzene rings is 2. The molecule has 6 heteroatoms. The average molecular weight is 358 g/mol. The second-order valence-electron chi connectivity index (χ2n) is 5.42. The molecule has 25 heavy (non-hydrogen) atoms. The Kier molecular flexibility index (Phi) is 7.85. The highest BCUT2D eigenvalue weighted by molar-refractivity contribution is 8.00. The van der Waals surface area contributed by atoms with Crippen molar-refractivity contribution in [3.63, 3.8) is 0 Å². The maximum absolute atomic E-state index is 11.8. The first-order valence-electron chi connectivity index (χ1n) is 8.02. The van der Waals surface area contributed by atoms with Gasteiger partial charge in [0.05, 0.1) is 18.1 Å². The summed E-state index contributed by atoms with van der Waals surface area (Å²) in [7, 11) is 0. The van der Waals surface area contributed by atoms with Crippen molar-refractivity contribution in [2.45, 2.75) is 6.92 Å². The summed E-state index contributed by atoms with van der Waals surface area (Å²) in [6.45, 7) is 2.81. The lowest BCUT2D eigenvalue weighted by Crippen LogP contribution is -2.30. The second kappa shape index (κ2) is 10.4. The molecule has 0 fully saturated rings.